The molecule has 0 rings (SSSR count). The summed E-state index contributed by atoms with van der Waals surface area (Å²) in [5, 5.41) is 19.4. The van der Waals surface area contributed by atoms with Crippen LogP contribution in [-0.4, -0.2) is 47.2 Å². The van der Waals surface area contributed by atoms with E-state index in [1.807, 2.05) is 0 Å². The molecule has 0 aromatic heterocycles. The minimum atomic E-state index is -1.00. The molecule has 0 aromatic rings. The lowest BCUT2D eigenvalue weighted by atomic mass is 9.85. The third-order valence-electron chi connectivity index (χ3n) is 9.06. The molecular formula is C41H76O5. The van der Waals surface area contributed by atoms with Crippen molar-refractivity contribution in [3.05, 3.63) is 24.3 Å². The molecule has 0 fully saturated rings. The van der Waals surface area contributed by atoms with Gasteiger partial charge in [-0.05, 0) is 51.4 Å². The van der Waals surface area contributed by atoms with Gasteiger partial charge >= 0.3 is 0 Å². The number of aliphatic hydroxyl groups is 2. The highest BCUT2D eigenvalue weighted by atomic mass is 16.5. The Morgan fingerprint density at radius 1 is 0.609 bits per heavy atom. The second-order valence-corrected chi connectivity index (χ2v) is 13.6. The summed E-state index contributed by atoms with van der Waals surface area (Å²) in [4.78, 5) is 26.7. The van der Waals surface area contributed by atoms with E-state index in [0.717, 1.165) is 57.8 Å². The van der Waals surface area contributed by atoms with Crippen LogP contribution in [0.15, 0.2) is 24.3 Å². The van der Waals surface area contributed by atoms with Crippen LogP contribution < -0.4 is 0 Å². The van der Waals surface area contributed by atoms with Gasteiger partial charge in [0.2, 0.25) is 0 Å². The predicted molar refractivity (Wildman–Crippen MR) is 196 cm³/mol. The summed E-state index contributed by atoms with van der Waals surface area (Å²) in [5.74, 6) is 0.0130. The first kappa shape index (κ1) is 44.7. The van der Waals surface area contributed by atoms with Gasteiger partial charge in [0, 0.05) is 25.2 Å². The van der Waals surface area contributed by atoms with E-state index < -0.39 is 18.8 Å². The van der Waals surface area contributed by atoms with Crippen LogP contribution in [0.5, 0.6) is 0 Å². The Labute approximate surface area is 285 Å². The molecule has 46 heavy (non-hydrogen) atoms. The summed E-state index contributed by atoms with van der Waals surface area (Å²) < 4.78 is 6.09. The number of ether oxygens (including phenoxy) is 1. The number of carbonyl (C=O) groups is 2. The number of hydrogen-bond acceptors (Lipinski definition) is 5. The minimum Gasteiger partial charge on any atom is -0.394 e. The van der Waals surface area contributed by atoms with Gasteiger partial charge in [-0.15, -0.1) is 0 Å². The maximum atomic E-state index is 13.6. The maximum Gasteiger partial charge on any atom is 0.138 e. The van der Waals surface area contributed by atoms with E-state index in [0.29, 0.717) is 19.3 Å². The molecule has 0 aliphatic heterocycles. The van der Waals surface area contributed by atoms with Gasteiger partial charge in [-0.25, -0.2) is 0 Å². The molecule has 270 valence electrons. The average Bonchev–Trinajstić information content (AvgIpc) is 3.05. The van der Waals surface area contributed by atoms with E-state index in [1.54, 1.807) is 0 Å². The SMILES string of the molecule is CCCCCC=CCC=CCCCCCC(C(=O)CCCCCCCCC)C(CC(=O)CCCCCCCCC)OCC(O)CO. The van der Waals surface area contributed by atoms with Gasteiger partial charge in [-0.2, -0.15) is 0 Å². The molecule has 0 saturated carbocycles. The summed E-state index contributed by atoms with van der Waals surface area (Å²) in [6, 6.07) is 0. The van der Waals surface area contributed by atoms with Crippen LogP contribution in [0.3, 0.4) is 0 Å². The number of unbranched alkanes of at least 4 members (excludes halogenated alkanes) is 18. The molecule has 0 amide bonds. The normalized spacial score (nSPS) is 13.9. The van der Waals surface area contributed by atoms with Crippen molar-refractivity contribution >= 4 is 11.6 Å². The zero-order valence-corrected chi connectivity index (χ0v) is 30.7. The van der Waals surface area contributed by atoms with E-state index in [2.05, 4.69) is 45.1 Å². The van der Waals surface area contributed by atoms with Crippen LogP contribution >= 0.6 is 0 Å². The summed E-state index contributed by atoms with van der Waals surface area (Å²) in [7, 11) is 0. The topological polar surface area (TPSA) is 83.8 Å². The van der Waals surface area contributed by atoms with E-state index in [1.165, 1.54) is 89.9 Å². The van der Waals surface area contributed by atoms with Gasteiger partial charge in [0.15, 0.2) is 0 Å². The van der Waals surface area contributed by atoms with E-state index in [4.69, 9.17) is 4.74 Å². The highest BCUT2D eigenvalue weighted by molar-refractivity contribution is 5.84. The molecule has 5 heteroatoms. The van der Waals surface area contributed by atoms with E-state index in [-0.39, 0.29) is 30.5 Å². The molecule has 0 radical (unpaired) electrons. The second kappa shape index (κ2) is 35.0. The Kier molecular flexibility index (Phi) is 34.0. The predicted octanol–water partition coefficient (Wildman–Crippen LogP) is 11.2. The summed E-state index contributed by atoms with van der Waals surface area (Å²) >= 11 is 0. The fourth-order valence-corrected chi connectivity index (χ4v) is 6.03. The molecule has 0 heterocycles. The van der Waals surface area contributed by atoms with Crippen LogP contribution in [0.25, 0.3) is 0 Å². The molecule has 2 N–H and O–H groups in total. The molecule has 3 atom stereocenters. The van der Waals surface area contributed by atoms with Crippen LogP contribution in [0.1, 0.15) is 194 Å². The number of rotatable bonds is 36. The average molecular weight is 649 g/mol. The van der Waals surface area contributed by atoms with Crippen molar-refractivity contribution in [3.8, 4) is 0 Å². The zero-order chi connectivity index (χ0) is 33.9. The number of hydrogen-bond donors (Lipinski definition) is 2. The third kappa shape index (κ3) is 28.9. The van der Waals surface area contributed by atoms with Crippen molar-refractivity contribution in [1.82, 2.24) is 0 Å². The number of ketones is 2. The zero-order valence-electron chi connectivity index (χ0n) is 30.7. The molecule has 0 aliphatic rings. The van der Waals surface area contributed by atoms with Crippen molar-refractivity contribution in [3.63, 3.8) is 0 Å². The van der Waals surface area contributed by atoms with Crippen molar-refractivity contribution in [2.45, 2.75) is 206 Å². The summed E-state index contributed by atoms with van der Waals surface area (Å²) in [5.41, 5.74) is 0. The summed E-state index contributed by atoms with van der Waals surface area (Å²) in [6.45, 7) is 6.24. The molecule has 0 bridgehead atoms. The highest BCUT2D eigenvalue weighted by Crippen LogP contribution is 2.25. The van der Waals surface area contributed by atoms with Crippen molar-refractivity contribution in [2.24, 2.45) is 5.92 Å². The Morgan fingerprint density at radius 3 is 1.65 bits per heavy atom. The van der Waals surface area contributed by atoms with Crippen LogP contribution in [0.4, 0.5) is 0 Å². The molecule has 5 nitrogen and oxygen atoms in total. The van der Waals surface area contributed by atoms with E-state index >= 15 is 0 Å². The van der Waals surface area contributed by atoms with Gasteiger partial charge in [-0.1, -0.05) is 148 Å². The van der Waals surface area contributed by atoms with Crippen molar-refractivity contribution < 1.29 is 24.5 Å². The van der Waals surface area contributed by atoms with E-state index in [9.17, 15) is 19.8 Å². The van der Waals surface area contributed by atoms with Gasteiger partial charge in [-0.3, -0.25) is 9.59 Å². The largest absolute Gasteiger partial charge is 0.394 e. The first-order valence-corrected chi connectivity index (χ1v) is 19.7. The Hall–Kier alpha value is -1.30. The van der Waals surface area contributed by atoms with Gasteiger partial charge in [0.25, 0.3) is 0 Å². The Morgan fingerprint density at radius 2 is 1.09 bits per heavy atom. The first-order chi connectivity index (χ1) is 22.5. The quantitative estimate of drug-likeness (QED) is 0.0522. The van der Waals surface area contributed by atoms with Gasteiger partial charge < -0.3 is 14.9 Å². The number of carbonyl (C=O) groups excluding carboxylic acids is 2. The third-order valence-corrected chi connectivity index (χ3v) is 9.06. The van der Waals surface area contributed by atoms with Crippen LogP contribution in [-0.2, 0) is 14.3 Å². The van der Waals surface area contributed by atoms with Gasteiger partial charge in [0.1, 0.15) is 17.7 Å². The monoisotopic (exact) mass is 649 g/mol. The molecule has 0 saturated heterocycles. The van der Waals surface area contributed by atoms with Crippen molar-refractivity contribution in [1.29, 1.82) is 0 Å². The Bertz CT molecular complexity index is 730. The van der Waals surface area contributed by atoms with Crippen LogP contribution in [0.2, 0.25) is 0 Å². The lowest BCUT2D eigenvalue weighted by Crippen LogP contribution is -2.35. The lowest BCUT2D eigenvalue weighted by Gasteiger charge is -2.27. The molecule has 0 aromatic carbocycles. The second-order valence-electron chi connectivity index (χ2n) is 13.6. The minimum absolute atomic E-state index is 0.0507. The molecular weight excluding hydrogens is 572 g/mol. The fourth-order valence-electron chi connectivity index (χ4n) is 6.03. The number of aliphatic hydroxyl groups excluding tert-OH is 2. The fraction of sp³-hybridized carbons (Fsp3) is 0.854. The van der Waals surface area contributed by atoms with Gasteiger partial charge in [0.05, 0.1) is 19.3 Å². The standard InChI is InChI=1S/C41H76O5/c1-4-7-10-13-16-17-18-19-20-21-24-26-29-32-39(40(45)33-30-27-23-15-12-9-6-3)41(46-36-38(44)35-42)34-37(43)31-28-25-22-14-11-8-5-2/h16-17,19-20,38-39,41-42,44H,4-15,18,21-36H2,1-3H3. The summed E-state index contributed by atoms with van der Waals surface area (Å²) in [6.07, 6.45) is 35.9. The number of Topliss-reactive ketones (excluding diaryl/α,β-unsaturated/α-hetero) is 2. The Balaban J connectivity index is 5.05. The molecule has 3 unspecified atom stereocenters. The lowest BCUT2D eigenvalue weighted by molar-refractivity contribution is -0.134. The molecule has 0 spiro atoms. The first-order valence-electron chi connectivity index (χ1n) is 19.7. The molecule has 0 aliphatic carbocycles. The number of allylic oxidation sites excluding steroid dienone is 4. The maximum absolute atomic E-state index is 13.6. The van der Waals surface area contributed by atoms with Crippen molar-refractivity contribution in [2.75, 3.05) is 13.2 Å². The van der Waals surface area contributed by atoms with Crippen LogP contribution in [0, 0.1) is 5.92 Å². The smallest absolute Gasteiger partial charge is 0.138 e. The highest BCUT2D eigenvalue weighted by Gasteiger charge is 2.30.